The topological polar surface area (TPSA) is 12.0 Å². The summed E-state index contributed by atoms with van der Waals surface area (Å²) < 4.78 is 0.637. The van der Waals surface area contributed by atoms with Crippen LogP contribution in [0, 0.1) is 5.92 Å². The van der Waals surface area contributed by atoms with Gasteiger partial charge < -0.3 is 5.32 Å². The molecule has 1 nitrogen and oxygen atoms in total. The molecule has 62 valence electrons. The van der Waals surface area contributed by atoms with Crippen molar-refractivity contribution in [2.24, 2.45) is 5.92 Å². The average molecular weight is 255 g/mol. The van der Waals surface area contributed by atoms with Gasteiger partial charge in [0.1, 0.15) is 0 Å². The summed E-state index contributed by atoms with van der Waals surface area (Å²) in [6.45, 7) is 8.89. The quantitative estimate of drug-likeness (QED) is 0.462. The van der Waals surface area contributed by atoms with Gasteiger partial charge in [-0.2, -0.15) is 0 Å². The first kappa shape index (κ1) is 10.7. The van der Waals surface area contributed by atoms with Crippen molar-refractivity contribution in [1.29, 1.82) is 0 Å². The summed E-state index contributed by atoms with van der Waals surface area (Å²) in [5, 5.41) is 3.46. The summed E-state index contributed by atoms with van der Waals surface area (Å²) in [7, 11) is 0. The molecule has 0 aromatic heterocycles. The number of alkyl halides is 1. The van der Waals surface area contributed by atoms with Gasteiger partial charge in [-0.05, 0) is 26.2 Å². The maximum absolute atomic E-state index is 3.46. The summed E-state index contributed by atoms with van der Waals surface area (Å²) in [6, 6.07) is 0.612. The monoisotopic (exact) mass is 255 g/mol. The first-order valence-electron chi connectivity index (χ1n) is 3.92. The van der Waals surface area contributed by atoms with Gasteiger partial charge in [-0.3, -0.25) is 0 Å². The molecule has 0 aromatic carbocycles. The Morgan fingerprint density at radius 1 is 1.20 bits per heavy atom. The lowest BCUT2D eigenvalue weighted by Gasteiger charge is -2.16. The molecule has 0 radical (unpaired) electrons. The molecule has 2 heteroatoms. The van der Waals surface area contributed by atoms with Gasteiger partial charge in [0.2, 0.25) is 0 Å². The van der Waals surface area contributed by atoms with Gasteiger partial charge in [-0.25, -0.2) is 0 Å². The third kappa shape index (κ3) is 6.81. The second-order valence-corrected chi connectivity index (χ2v) is 4.92. The van der Waals surface area contributed by atoms with E-state index in [9.17, 15) is 0 Å². The molecule has 0 spiro atoms. The fourth-order valence-corrected chi connectivity index (χ4v) is 2.58. The van der Waals surface area contributed by atoms with Crippen molar-refractivity contribution in [3.63, 3.8) is 0 Å². The van der Waals surface area contributed by atoms with Crippen LogP contribution in [0.4, 0.5) is 0 Å². The number of nitrogens with one attached hydrogen (secondary N) is 1. The Hall–Kier alpha value is 0.690. The Kier molecular flexibility index (Phi) is 5.72. The highest BCUT2D eigenvalue weighted by molar-refractivity contribution is 14.1. The Morgan fingerprint density at radius 3 is 2.00 bits per heavy atom. The van der Waals surface area contributed by atoms with E-state index in [1.54, 1.807) is 0 Å². The highest BCUT2D eigenvalue weighted by Gasteiger charge is 2.06. The molecule has 1 N–H and O–H groups in total. The van der Waals surface area contributed by atoms with Gasteiger partial charge in [0.25, 0.3) is 0 Å². The van der Waals surface area contributed by atoms with E-state index in [1.165, 1.54) is 6.42 Å². The summed E-state index contributed by atoms with van der Waals surface area (Å²) >= 11 is 2.46. The number of rotatable bonds is 4. The molecule has 1 unspecified atom stereocenters. The molecule has 0 saturated heterocycles. The van der Waals surface area contributed by atoms with Gasteiger partial charge in [-0.1, -0.05) is 36.4 Å². The average Bonchev–Trinajstić information content (AvgIpc) is 1.58. The van der Waals surface area contributed by atoms with Crippen molar-refractivity contribution >= 4 is 22.6 Å². The fourth-order valence-electron chi connectivity index (χ4n) is 0.844. The molecule has 10 heavy (non-hydrogen) atoms. The lowest BCUT2D eigenvalue weighted by Crippen LogP contribution is -2.30. The largest absolute Gasteiger partial charge is 0.303 e. The van der Waals surface area contributed by atoms with Gasteiger partial charge in [-0.15, -0.1) is 0 Å². The predicted molar refractivity (Wildman–Crippen MR) is 55.5 cm³/mol. The van der Waals surface area contributed by atoms with Gasteiger partial charge in [0.15, 0.2) is 0 Å². The third-order valence-electron chi connectivity index (χ3n) is 1.19. The van der Waals surface area contributed by atoms with E-state index in [0.29, 0.717) is 10.1 Å². The second-order valence-electron chi connectivity index (χ2n) is 3.42. The van der Waals surface area contributed by atoms with Gasteiger partial charge in [0, 0.05) is 6.04 Å². The van der Waals surface area contributed by atoms with E-state index in [1.807, 2.05) is 0 Å². The van der Waals surface area contributed by atoms with Crippen LogP contribution in [-0.4, -0.2) is 10.1 Å². The van der Waals surface area contributed by atoms with E-state index < -0.39 is 0 Å². The number of halogens is 1. The first-order chi connectivity index (χ1) is 4.52. The zero-order valence-corrected chi connectivity index (χ0v) is 9.47. The minimum atomic E-state index is 0.612. The van der Waals surface area contributed by atoms with Crippen molar-refractivity contribution in [3.05, 3.63) is 0 Å². The van der Waals surface area contributed by atoms with Crippen LogP contribution in [0.2, 0.25) is 0 Å². The van der Waals surface area contributed by atoms with Crippen LogP contribution < -0.4 is 5.32 Å². The zero-order chi connectivity index (χ0) is 8.15. The van der Waals surface area contributed by atoms with E-state index in [2.05, 4.69) is 55.6 Å². The molecule has 0 saturated carbocycles. The van der Waals surface area contributed by atoms with Crippen LogP contribution in [-0.2, 0) is 0 Å². The fraction of sp³-hybridized carbons (Fsp3) is 1.00. The standard InChI is InChI=1S/C8H18IN/c1-6(2)5-8(9)10-7(3)4/h6-8,10H,5H2,1-4H3. The van der Waals surface area contributed by atoms with E-state index in [0.717, 1.165) is 5.92 Å². The van der Waals surface area contributed by atoms with Gasteiger partial charge in [0.05, 0.1) is 4.05 Å². The van der Waals surface area contributed by atoms with Crippen molar-refractivity contribution in [2.45, 2.75) is 44.2 Å². The highest BCUT2D eigenvalue weighted by Crippen LogP contribution is 2.10. The lowest BCUT2D eigenvalue weighted by molar-refractivity contribution is 0.490. The minimum Gasteiger partial charge on any atom is -0.303 e. The molecule has 0 aliphatic heterocycles. The molecule has 0 aliphatic rings. The molecule has 1 atom stereocenters. The number of hydrogen-bond acceptors (Lipinski definition) is 1. The lowest BCUT2D eigenvalue weighted by atomic mass is 10.1. The second kappa shape index (κ2) is 5.35. The SMILES string of the molecule is CC(C)CC(I)NC(C)C. The van der Waals surface area contributed by atoms with Crippen LogP contribution in [0.3, 0.4) is 0 Å². The van der Waals surface area contributed by atoms with Crippen LogP contribution in [0.1, 0.15) is 34.1 Å². The maximum atomic E-state index is 3.46. The molecule has 0 heterocycles. The highest BCUT2D eigenvalue weighted by atomic mass is 127. The molecule has 0 aliphatic carbocycles. The number of hydrogen-bond donors (Lipinski definition) is 1. The Labute approximate surface area is 78.1 Å². The van der Waals surface area contributed by atoms with Crippen LogP contribution in [0.15, 0.2) is 0 Å². The normalized spacial score (nSPS) is 14.7. The summed E-state index contributed by atoms with van der Waals surface area (Å²) in [6.07, 6.45) is 1.26. The summed E-state index contributed by atoms with van der Waals surface area (Å²) in [5.41, 5.74) is 0. The Balaban J connectivity index is 3.34. The van der Waals surface area contributed by atoms with E-state index >= 15 is 0 Å². The summed E-state index contributed by atoms with van der Waals surface area (Å²) in [5.74, 6) is 0.799. The minimum absolute atomic E-state index is 0.612. The maximum Gasteiger partial charge on any atom is 0.0597 e. The molecule has 0 amide bonds. The molecular formula is C8H18IN. The van der Waals surface area contributed by atoms with Crippen molar-refractivity contribution in [1.82, 2.24) is 5.32 Å². The molecular weight excluding hydrogens is 237 g/mol. The van der Waals surface area contributed by atoms with Crippen molar-refractivity contribution in [2.75, 3.05) is 0 Å². The smallest absolute Gasteiger partial charge is 0.0597 e. The third-order valence-corrected chi connectivity index (χ3v) is 2.06. The van der Waals surface area contributed by atoms with Crippen molar-refractivity contribution in [3.8, 4) is 0 Å². The zero-order valence-electron chi connectivity index (χ0n) is 7.32. The molecule has 0 rings (SSSR count). The molecule has 0 aromatic rings. The Morgan fingerprint density at radius 2 is 1.70 bits per heavy atom. The Bertz CT molecular complexity index is 71.3. The van der Waals surface area contributed by atoms with E-state index in [-0.39, 0.29) is 0 Å². The predicted octanol–water partition coefficient (Wildman–Crippen LogP) is 2.79. The van der Waals surface area contributed by atoms with Crippen LogP contribution in [0.25, 0.3) is 0 Å². The molecule has 0 bridgehead atoms. The van der Waals surface area contributed by atoms with Gasteiger partial charge >= 0.3 is 0 Å². The van der Waals surface area contributed by atoms with Crippen LogP contribution >= 0.6 is 22.6 Å². The van der Waals surface area contributed by atoms with Crippen LogP contribution in [0.5, 0.6) is 0 Å². The molecule has 0 fully saturated rings. The van der Waals surface area contributed by atoms with Crippen molar-refractivity contribution < 1.29 is 0 Å². The summed E-state index contributed by atoms with van der Waals surface area (Å²) in [4.78, 5) is 0. The first-order valence-corrected chi connectivity index (χ1v) is 5.17. The van der Waals surface area contributed by atoms with E-state index in [4.69, 9.17) is 0 Å².